The molecule has 0 aliphatic carbocycles. The molecule has 0 aliphatic rings. The highest BCUT2D eigenvalue weighted by Gasteiger charge is 2.23. The standard InChI is InChI=1S/C43H24N4O/c1-3-14-27(15-4-1)41-44-42(28-16-5-2-6-17-28)46-43(45-41)29-18-13-19-30(26-29)47-35-24-11-9-22-33(35)37-31-20-7-8-21-32(31)38-34-23-10-12-25-36(34)48-40(38)39(37)47/h1,3-5,7-26H. The highest BCUT2D eigenvalue weighted by Crippen LogP contribution is 2.45. The average Bonchev–Trinajstić information content (AvgIpc) is 3.73. The summed E-state index contributed by atoms with van der Waals surface area (Å²) in [5.74, 6) is 1.79. The zero-order valence-electron chi connectivity index (χ0n) is 25.6. The molecule has 0 saturated carbocycles. The number of benzene rings is 6. The zero-order chi connectivity index (χ0) is 31.6. The Morgan fingerprint density at radius 1 is 0.500 bits per heavy atom. The summed E-state index contributed by atoms with van der Waals surface area (Å²) in [7, 11) is 0. The Labute approximate surface area is 275 Å². The van der Waals surface area contributed by atoms with Crippen molar-refractivity contribution in [2.45, 2.75) is 0 Å². The van der Waals surface area contributed by atoms with Gasteiger partial charge in [0.05, 0.1) is 11.0 Å². The Balaban J connectivity index is 1.28. The van der Waals surface area contributed by atoms with E-state index in [2.05, 4.69) is 108 Å². The first-order valence-electron chi connectivity index (χ1n) is 15.9. The number of rotatable bonds is 4. The fourth-order valence-electron chi connectivity index (χ4n) is 7.02. The lowest BCUT2D eigenvalue weighted by atomic mass is 9.99. The second-order valence-corrected chi connectivity index (χ2v) is 11.9. The van der Waals surface area contributed by atoms with E-state index in [9.17, 15) is 0 Å². The van der Waals surface area contributed by atoms with Crippen LogP contribution in [0.3, 0.4) is 0 Å². The average molecular weight is 613 g/mol. The van der Waals surface area contributed by atoms with Crippen LogP contribution >= 0.6 is 0 Å². The van der Waals surface area contributed by atoms with Crippen molar-refractivity contribution < 1.29 is 4.42 Å². The van der Waals surface area contributed by atoms with Crippen molar-refractivity contribution in [2.24, 2.45) is 0 Å². The maximum Gasteiger partial charge on any atom is 0.164 e. The molecular formula is C43H24N4O. The largest absolute Gasteiger partial charge is 0.454 e. The van der Waals surface area contributed by atoms with E-state index < -0.39 is 0 Å². The lowest BCUT2D eigenvalue weighted by molar-refractivity contribution is 0.671. The number of nitrogens with zero attached hydrogens (tertiary/aromatic N) is 4. The van der Waals surface area contributed by atoms with Crippen molar-refractivity contribution in [3.8, 4) is 39.9 Å². The molecule has 3 heterocycles. The molecule has 10 aromatic rings. The van der Waals surface area contributed by atoms with E-state index in [0.29, 0.717) is 17.5 Å². The van der Waals surface area contributed by atoms with E-state index in [4.69, 9.17) is 19.4 Å². The van der Waals surface area contributed by atoms with E-state index in [1.807, 2.05) is 54.6 Å². The summed E-state index contributed by atoms with van der Waals surface area (Å²) in [5.41, 5.74) is 7.53. The highest BCUT2D eigenvalue weighted by molar-refractivity contribution is 6.35. The first kappa shape index (κ1) is 26.4. The molecule has 0 radical (unpaired) electrons. The number of furan rings is 1. The van der Waals surface area contributed by atoms with Gasteiger partial charge in [0.15, 0.2) is 23.1 Å². The highest BCUT2D eigenvalue weighted by atomic mass is 16.3. The van der Waals surface area contributed by atoms with Gasteiger partial charge < -0.3 is 8.98 Å². The van der Waals surface area contributed by atoms with Gasteiger partial charge in [0.2, 0.25) is 0 Å². The third-order valence-electron chi connectivity index (χ3n) is 9.10. The monoisotopic (exact) mass is 612 g/mol. The van der Waals surface area contributed by atoms with Gasteiger partial charge in [0.1, 0.15) is 5.58 Å². The molecule has 0 saturated heterocycles. The summed E-state index contributed by atoms with van der Waals surface area (Å²) in [5, 5.41) is 6.96. The Kier molecular flexibility index (Phi) is 5.72. The molecular weight excluding hydrogens is 589 g/mol. The maximum atomic E-state index is 6.75. The minimum Gasteiger partial charge on any atom is -0.454 e. The number of aromatic nitrogens is 4. The molecule has 0 amide bonds. The van der Waals surface area contributed by atoms with E-state index >= 15 is 0 Å². The van der Waals surface area contributed by atoms with Crippen LogP contribution < -0.4 is 0 Å². The van der Waals surface area contributed by atoms with Gasteiger partial charge in [-0.1, -0.05) is 115 Å². The van der Waals surface area contributed by atoms with Crippen LogP contribution in [0, 0.1) is 12.1 Å². The molecule has 10 rings (SSSR count). The number of fused-ring (bicyclic) bond motifs is 10. The van der Waals surface area contributed by atoms with E-state index in [-0.39, 0.29) is 0 Å². The molecule has 7 aromatic carbocycles. The molecule has 222 valence electrons. The molecule has 0 aliphatic heterocycles. The number of hydrogen-bond acceptors (Lipinski definition) is 4. The van der Waals surface area contributed by atoms with E-state index in [1.54, 1.807) is 0 Å². The van der Waals surface area contributed by atoms with Gasteiger partial charge in [-0.25, -0.2) is 15.0 Å². The molecule has 0 fully saturated rings. The number of para-hydroxylation sites is 2. The summed E-state index contributed by atoms with van der Waals surface area (Å²) < 4.78 is 9.08. The van der Waals surface area contributed by atoms with Crippen LogP contribution in [0.15, 0.2) is 150 Å². The SMILES string of the molecule is c1ccc(-c2nc(-c3ccccc3)nc(-c3cccc(-n4c5ccccc5c5c6ccccc6c6c7ccccc7oc6c54)c3)n2)cc#1. The predicted molar refractivity (Wildman–Crippen MR) is 193 cm³/mol. The van der Waals surface area contributed by atoms with Crippen LogP contribution in [-0.2, 0) is 0 Å². The van der Waals surface area contributed by atoms with Crippen molar-refractivity contribution in [3.05, 3.63) is 158 Å². The quantitative estimate of drug-likeness (QED) is 0.198. The fourth-order valence-corrected chi connectivity index (χ4v) is 7.02. The predicted octanol–water partition coefficient (Wildman–Crippen LogP) is 10.6. The second kappa shape index (κ2) is 10.4. The summed E-state index contributed by atoms with van der Waals surface area (Å²) in [4.78, 5) is 14.8. The smallest absolute Gasteiger partial charge is 0.164 e. The van der Waals surface area contributed by atoms with Crippen LogP contribution in [0.1, 0.15) is 0 Å². The molecule has 0 unspecified atom stereocenters. The minimum atomic E-state index is 0.585. The van der Waals surface area contributed by atoms with Crippen LogP contribution in [0.5, 0.6) is 0 Å². The Hall–Kier alpha value is -6.77. The topological polar surface area (TPSA) is 56.7 Å². The molecule has 0 bridgehead atoms. The van der Waals surface area contributed by atoms with Gasteiger partial charge in [-0.15, -0.1) is 0 Å². The van der Waals surface area contributed by atoms with Gasteiger partial charge in [-0.2, -0.15) is 0 Å². The van der Waals surface area contributed by atoms with Crippen LogP contribution in [-0.4, -0.2) is 19.5 Å². The van der Waals surface area contributed by atoms with Gasteiger partial charge >= 0.3 is 0 Å². The van der Waals surface area contributed by atoms with Gasteiger partial charge in [0, 0.05) is 43.9 Å². The fraction of sp³-hybridized carbons (Fsp3) is 0. The summed E-state index contributed by atoms with van der Waals surface area (Å²) in [6.07, 6.45) is 0. The summed E-state index contributed by atoms with van der Waals surface area (Å²) >= 11 is 0. The first-order valence-corrected chi connectivity index (χ1v) is 15.9. The van der Waals surface area contributed by atoms with Crippen LogP contribution in [0.2, 0.25) is 0 Å². The maximum absolute atomic E-state index is 6.75. The Bertz CT molecular complexity index is 2780. The first-order chi connectivity index (χ1) is 23.8. The van der Waals surface area contributed by atoms with Gasteiger partial charge in [0.25, 0.3) is 0 Å². The molecule has 5 heteroatoms. The summed E-state index contributed by atoms with van der Waals surface area (Å²) in [6.45, 7) is 0. The molecule has 0 N–H and O–H groups in total. The molecule has 0 spiro atoms. The Morgan fingerprint density at radius 3 is 1.94 bits per heavy atom. The van der Waals surface area contributed by atoms with Crippen molar-refractivity contribution in [1.29, 1.82) is 0 Å². The van der Waals surface area contributed by atoms with Gasteiger partial charge in [-0.3, -0.25) is 0 Å². The van der Waals surface area contributed by atoms with Crippen molar-refractivity contribution in [3.63, 3.8) is 0 Å². The van der Waals surface area contributed by atoms with E-state index in [0.717, 1.165) is 55.3 Å². The second-order valence-electron chi connectivity index (χ2n) is 11.9. The van der Waals surface area contributed by atoms with Crippen molar-refractivity contribution >= 4 is 54.5 Å². The normalized spacial score (nSPS) is 11.6. The minimum absolute atomic E-state index is 0.585. The Morgan fingerprint density at radius 2 is 1.15 bits per heavy atom. The summed E-state index contributed by atoms with van der Waals surface area (Å²) in [6, 6.07) is 55.6. The lowest BCUT2D eigenvalue weighted by Gasteiger charge is -2.12. The lowest BCUT2D eigenvalue weighted by Crippen LogP contribution is -2.01. The van der Waals surface area contributed by atoms with Crippen molar-refractivity contribution in [2.75, 3.05) is 0 Å². The molecule has 3 aromatic heterocycles. The molecule has 5 nitrogen and oxygen atoms in total. The van der Waals surface area contributed by atoms with Crippen molar-refractivity contribution in [1.82, 2.24) is 19.5 Å². The number of hydrogen-bond donors (Lipinski definition) is 0. The third-order valence-corrected chi connectivity index (χ3v) is 9.10. The molecule has 48 heavy (non-hydrogen) atoms. The van der Waals surface area contributed by atoms with Crippen LogP contribution in [0.4, 0.5) is 0 Å². The third kappa shape index (κ3) is 3.97. The molecule has 0 atom stereocenters. The van der Waals surface area contributed by atoms with Gasteiger partial charge in [-0.05, 0) is 53.2 Å². The van der Waals surface area contributed by atoms with E-state index in [1.165, 1.54) is 21.5 Å². The zero-order valence-corrected chi connectivity index (χ0v) is 25.6. The van der Waals surface area contributed by atoms with Crippen LogP contribution in [0.25, 0.3) is 94.4 Å².